The maximum atomic E-state index is 12.9. The average Bonchev–Trinajstić information content (AvgIpc) is 2.76. The average molecular weight is 396 g/mol. The Morgan fingerprint density at radius 2 is 1.66 bits per heavy atom. The van der Waals surface area contributed by atoms with Crippen LogP contribution >= 0.6 is 0 Å². The van der Waals surface area contributed by atoms with Gasteiger partial charge in [0.15, 0.2) is 0 Å². The topological polar surface area (TPSA) is 99.1 Å². The van der Waals surface area contributed by atoms with Gasteiger partial charge in [0.1, 0.15) is 17.3 Å². The van der Waals surface area contributed by atoms with Crippen LogP contribution in [0.3, 0.4) is 0 Å². The van der Waals surface area contributed by atoms with E-state index in [-0.39, 0.29) is 28.9 Å². The standard InChI is InChI=1S/C22H20O7/c1-27-12-8-9-13(17(10-12)28-2)16(11-18(23)29-3)19-20(24)14-6-4-5-7-15(14)21(25)22(19)26/h4-10,16,24H,11H2,1-3H3/t16-/m0/s1. The van der Waals surface area contributed by atoms with Gasteiger partial charge in [-0.3, -0.25) is 14.4 Å². The monoisotopic (exact) mass is 396 g/mol. The van der Waals surface area contributed by atoms with E-state index in [0.29, 0.717) is 17.1 Å². The molecule has 2 aromatic rings. The summed E-state index contributed by atoms with van der Waals surface area (Å²) in [4.78, 5) is 37.7. The molecule has 0 radical (unpaired) electrons. The number of carbonyl (C=O) groups excluding carboxylic acids is 3. The molecule has 0 bridgehead atoms. The summed E-state index contributed by atoms with van der Waals surface area (Å²) >= 11 is 0. The SMILES string of the molecule is COC(=O)C[C@H](C1=C(O)c2ccccc2C(=O)C1=O)c1ccc(OC)cc1OC. The molecule has 7 nitrogen and oxygen atoms in total. The molecule has 0 saturated carbocycles. The second-order valence-corrected chi connectivity index (χ2v) is 6.41. The van der Waals surface area contributed by atoms with Crippen molar-refractivity contribution in [1.82, 2.24) is 0 Å². The number of fused-ring (bicyclic) bond motifs is 1. The summed E-state index contributed by atoms with van der Waals surface area (Å²) < 4.78 is 15.4. The molecule has 0 aromatic heterocycles. The first-order valence-electron chi connectivity index (χ1n) is 8.83. The van der Waals surface area contributed by atoms with Crippen LogP contribution in [0, 0.1) is 0 Å². The second kappa shape index (κ2) is 8.18. The van der Waals surface area contributed by atoms with E-state index in [1.165, 1.54) is 27.4 Å². The number of esters is 1. The van der Waals surface area contributed by atoms with Gasteiger partial charge in [-0.2, -0.15) is 0 Å². The second-order valence-electron chi connectivity index (χ2n) is 6.41. The van der Waals surface area contributed by atoms with Crippen molar-refractivity contribution in [1.29, 1.82) is 0 Å². The van der Waals surface area contributed by atoms with Crippen LogP contribution in [-0.2, 0) is 14.3 Å². The summed E-state index contributed by atoms with van der Waals surface area (Å²) in [7, 11) is 4.15. The van der Waals surface area contributed by atoms with E-state index < -0.39 is 23.5 Å². The number of ether oxygens (including phenoxy) is 3. The number of aliphatic hydroxyl groups excluding tert-OH is 1. The Labute approximate surface area is 167 Å². The van der Waals surface area contributed by atoms with Gasteiger partial charge in [0.05, 0.1) is 33.3 Å². The normalized spacial score (nSPS) is 14.3. The van der Waals surface area contributed by atoms with E-state index in [1.807, 2.05) is 0 Å². The molecule has 29 heavy (non-hydrogen) atoms. The number of rotatable bonds is 6. The van der Waals surface area contributed by atoms with Crippen LogP contribution < -0.4 is 9.47 Å². The molecule has 3 rings (SSSR count). The van der Waals surface area contributed by atoms with Gasteiger partial charge in [0, 0.05) is 28.7 Å². The van der Waals surface area contributed by atoms with Crippen molar-refractivity contribution in [3.8, 4) is 11.5 Å². The predicted octanol–water partition coefficient (Wildman–Crippen LogP) is 3.09. The molecule has 0 spiro atoms. The van der Waals surface area contributed by atoms with Gasteiger partial charge in [-0.05, 0) is 6.07 Å². The molecule has 0 saturated heterocycles. The van der Waals surface area contributed by atoms with Crippen molar-refractivity contribution in [3.63, 3.8) is 0 Å². The van der Waals surface area contributed by atoms with Crippen molar-refractivity contribution in [2.45, 2.75) is 12.3 Å². The number of aliphatic hydroxyl groups is 1. The fourth-order valence-electron chi connectivity index (χ4n) is 3.43. The summed E-state index contributed by atoms with van der Waals surface area (Å²) in [6.45, 7) is 0. The van der Waals surface area contributed by atoms with Crippen molar-refractivity contribution in [3.05, 3.63) is 64.7 Å². The summed E-state index contributed by atoms with van der Waals surface area (Å²) in [5, 5.41) is 10.9. The number of carbonyl (C=O) groups is 3. The first kappa shape index (κ1) is 20.1. The summed E-state index contributed by atoms with van der Waals surface area (Å²) in [5.74, 6) is -2.64. The molecule has 150 valence electrons. The van der Waals surface area contributed by atoms with Crippen LogP contribution in [0.1, 0.15) is 33.8 Å². The lowest BCUT2D eigenvalue weighted by Gasteiger charge is -2.25. The lowest BCUT2D eigenvalue weighted by atomic mass is 9.78. The minimum atomic E-state index is -0.951. The predicted molar refractivity (Wildman–Crippen MR) is 104 cm³/mol. The minimum absolute atomic E-state index is 0.122. The van der Waals surface area contributed by atoms with Gasteiger partial charge in [0.2, 0.25) is 11.6 Å². The molecule has 0 amide bonds. The Morgan fingerprint density at radius 1 is 0.966 bits per heavy atom. The van der Waals surface area contributed by atoms with E-state index >= 15 is 0 Å². The zero-order chi connectivity index (χ0) is 21.1. The van der Waals surface area contributed by atoms with Crippen LogP contribution in [0.2, 0.25) is 0 Å². The number of methoxy groups -OCH3 is 3. The van der Waals surface area contributed by atoms with Crippen LogP contribution in [0.15, 0.2) is 48.0 Å². The van der Waals surface area contributed by atoms with E-state index in [4.69, 9.17) is 14.2 Å². The molecular formula is C22H20O7. The third-order valence-corrected chi connectivity index (χ3v) is 4.90. The molecule has 0 heterocycles. The fraction of sp³-hybridized carbons (Fsp3) is 0.227. The van der Waals surface area contributed by atoms with Gasteiger partial charge >= 0.3 is 5.97 Å². The number of ketones is 2. The number of benzene rings is 2. The van der Waals surface area contributed by atoms with E-state index in [1.54, 1.807) is 36.4 Å². The van der Waals surface area contributed by atoms with Crippen molar-refractivity contribution in [2.24, 2.45) is 0 Å². The maximum absolute atomic E-state index is 12.9. The Hall–Kier alpha value is -3.61. The number of hydrogen-bond donors (Lipinski definition) is 1. The van der Waals surface area contributed by atoms with Gasteiger partial charge < -0.3 is 19.3 Å². The Bertz CT molecular complexity index is 1020. The fourth-order valence-corrected chi connectivity index (χ4v) is 3.43. The van der Waals surface area contributed by atoms with Crippen molar-refractivity contribution < 1.29 is 33.7 Å². The Kier molecular flexibility index (Phi) is 5.68. The molecule has 0 unspecified atom stereocenters. The third kappa shape index (κ3) is 3.59. The van der Waals surface area contributed by atoms with Gasteiger partial charge in [-0.25, -0.2) is 0 Å². The highest BCUT2D eigenvalue weighted by Crippen LogP contribution is 2.42. The highest BCUT2D eigenvalue weighted by molar-refractivity contribution is 6.52. The molecular weight excluding hydrogens is 376 g/mol. The number of allylic oxidation sites excluding steroid dienone is 1. The summed E-state index contributed by atoms with van der Waals surface area (Å²) in [6, 6.07) is 11.2. The molecule has 1 aliphatic carbocycles. The van der Waals surface area contributed by atoms with E-state index in [2.05, 4.69) is 0 Å². The van der Waals surface area contributed by atoms with Crippen molar-refractivity contribution >= 4 is 23.3 Å². The van der Waals surface area contributed by atoms with Crippen LogP contribution in [0.4, 0.5) is 0 Å². The largest absolute Gasteiger partial charge is 0.507 e. The van der Waals surface area contributed by atoms with E-state index in [9.17, 15) is 19.5 Å². The number of Topliss-reactive ketones (excluding diaryl/α,β-unsaturated/α-hetero) is 2. The lowest BCUT2D eigenvalue weighted by Crippen LogP contribution is -2.28. The van der Waals surface area contributed by atoms with Crippen molar-refractivity contribution in [2.75, 3.05) is 21.3 Å². The first-order valence-corrected chi connectivity index (χ1v) is 8.83. The molecule has 1 atom stereocenters. The molecule has 1 aliphatic rings. The smallest absolute Gasteiger partial charge is 0.306 e. The van der Waals surface area contributed by atoms with Crippen LogP contribution in [0.25, 0.3) is 5.76 Å². The molecule has 0 aliphatic heterocycles. The van der Waals surface area contributed by atoms with Gasteiger partial charge in [-0.1, -0.05) is 30.3 Å². The highest BCUT2D eigenvalue weighted by Gasteiger charge is 2.39. The molecule has 2 aromatic carbocycles. The Morgan fingerprint density at radius 3 is 2.28 bits per heavy atom. The number of hydrogen-bond acceptors (Lipinski definition) is 7. The summed E-state index contributed by atoms with van der Waals surface area (Å²) in [5.41, 5.74) is 0.648. The summed E-state index contributed by atoms with van der Waals surface area (Å²) in [6.07, 6.45) is -0.264. The Balaban J connectivity index is 2.24. The zero-order valence-corrected chi connectivity index (χ0v) is 16.2. The maximum Gasteiger partial charge on any atom is 0.306 e. The third-order valence-electron chi connectivity index (χ3n) is 4.90. The lowest BCUT2D eigenvalue weighted by molar-refractivity contribution is -0.140. The zero-order valence-electron chi connectivity index (χ0n) is 16.2. The highest BCUT2D eigenvalue weighted by atomic mass is 16.5. The molecule has 1 N–H and O–H groups in total. The quantitative estimate of drug-likeness (QED) is 0.592. The first-order chi connectivity index (χ1) is 13.9. The van der Waals surface area contributed by atoms with Crippen LogP contribution in [0.5, 0.6) is 11.5 Å². The van der Waals surface area contributed by atoms with Gasteiger partial charge in [-0.15, -0.1) is 0 Å². The molecule has 0 fully saturated rings. The molecule has 7 heteroatoms. The minimum Gasteiger partial charge on any atom is -0.507 e. The van der Waals surface area contributed by atoms with E-state index in [0.717, 1.165) is 0 Å². The van der Waals surface area contributed by atoms with Crippen LogP contribution in [-0.4, -0.2) is 44.0 Å². The van der Waals surface area contributed by atoms with Gasteiger partial charge in [0.25, 0.3) is 0 Å².